The standard InChI is InChI=1S/C39H76NO8P/c1-6-8-10-12-14-16-18-20-22-23-25-27-29-31-38(41)45-35-37(36-47-49(43,44)46-34-33-40(3,4)5)48-39(42)32-30-28-26-24-21-19-17-15-13-11-9-7-2/h16,18,37H,6-15,17,19-36H2,1-5H3/b18-16+/t37-/m1/s1. The van der Waals surface area contributed by atoms with Crippen molar-refractivity contribution in [3.05, 3.63) is 12.2 Å². The fourth-order valence-electron chi connectivity index (χ4n) is 5.35. The van der Waals surface area contributed by atoms with E-state index in [2.05, 4.69) is 26.0 Å². The summed E-state index contributed by atoms with van der Waals surface area (Å²) in [7, 11) is 1.17. The normalized spacial score (nSPS) is 13.8. The Hall–Kier alpha value is -1.25. The molecular weight excluding hydrogens is 641 g/mol. The molecule has 0 radical (unpaired) electrons. The number of likely N-dealkylation sites (N-methyl/N-ethyl adjacent to an activating group) is 1. The van der Waals surface area contributed by atoms with E-state index in [9.17, 15) is 19.0 Å². The zero-order valence-electron chi connectivity index (χ0n) is 32.4. The molecule has 0 saturated heterocycles. The molecule has 0 heterocycles. The predicted molar refractivity (Wildman–Crippen MR) is 199 cm³/mol. The average molecular weight is 718 g/mol. The fourth-order valence-corrected chi connectivity index (χ4v) is 6.08. The number of nitrogens with zero attached hydrogens (tertiary/aromatic N) is 1. The molecule has 0 aliphatic rings. The van der Waals surface area contributed by atoms with Crippen LogP contribution in [0.5, 0.6) is 0 Å². The van der Waals surface area contributed by atoms with Crippen molar-refractivity contribution in [2.24, 2.45) is 0 Å². The second-order valence-electron chi connectivity index (χ2n) is 14.7. The number of phosphoric acid groups is 1. The Balaban J connectivity index is 4.42. The largest absolute Gasteiger partial charge is 0.756 e. The number of ether oxygens (including phenoxy) is 2. The zero-order chi connectivity index (χ0) is 36.5. The Kier molecular flexibility index (Phi) is 31.8. The maximum absolute atomic E-state index is 12.6. The lowest BCUT2D eigenvalue weighted by Gasteiger charge is -2.28. The van der Waals surface area contributed by atoms with Crippen LogP contribution in [-0.4, -0.2) is 70.0 Å². The van der Waals surface area contributed by atoms with Crippen LogP contribution in [0.25, 0.3) is 0 Å². The van der Waals surface area contributed by atoms with E-state index in [4.69, 9.17) is 18.5 Å². The number of carbonyl (C=O) groups excluding carboxylic acids is 2. The molecule has 0 aromatic carbocycles. The third kappa shape index (κ3) is 36.3. The summed E-state index contributed by atoms with van der Waals surface area (Å²) in [4.78, 5) is 37.3. The van der Waals surface area contributed by atoms with Gasteiger partial charge in [-0.15, -0.1) is 0 Å². The topological polar surface area (TPSA) is 111 Å². The molecular formula is C39H76NO8P. The van der Waals surface area contributed by atoms with Crippen LogP contribution >= 0.6 is 7.82 Å². The van der Waals surface area contributed by atoms with E-state index in [0.717, 1.165) is 51.4 Å². The van der Waals surface area contributed by atoms with E-state index < -0.39 is 32.5 Å². The van der Waals surface area contributed by atoms with Crippen LogP contribution in [-0.2, 0) is 32.7 Å². The first-order valence-corrected chi connectivity index (χ1v) is 21.4. The molecule has 1 unspecified atom stereocenters. The second kappa shape index (κ2) is 32.6. The van der Waals surface area contributed by atoms with E-state index in [1.807, 2.05) is 21.1 Å². The third-order valence-electron chi connectivity index (χ3n) is 8.54. The summed E-state index contributed by atoms with van der Waals surface area (Å²) in [6.07, 6.45) is 30.9. The van der Waals surface area contributed by atoms with E-state index in [1.54, 1.807) is 0 Å². The van der Waals surface area contributed by atoms with Crippen LogP contribution in [0.1, 0.15) is 174 Å². The zero-order valence-corrected chi connectivity index (χ0v) is 33.3. The van der Waals surface area contributed by atoms with Crippen molar-refractivity contribution >= 4 is 19.8 Å². The smallest absolute Gasteiger partial charge is 0.306 e. The second-order valence-corrected chi connectivity index (χ2v) is 16.1. The predicted octanol–water partition coefficient (Wildman–Crippen LogP) is 10.00. The third-order valence-corrected chi connectivity index (χ3v) is 9.50. The van der Waals surface area contributed by atoms with Crippen molar-refractivity contribution in [2.45, 2.75) is 180 Å². The van der Waals surface area contributed by atoms with Crippen LogP contribution in [0, 0.1) is 0 Å². The number of quaternary nitrogens is 1. The van der Waals surface area contributed by atoms with Crippen molar-refractivity contribution in [1.29, 1.82) is 0 Å². The number of carbonyl (C=O) groups is 2. The Labute approximate surface area is 301 Å². The minimum absolute atomic E-state index is 0.0293. The molecule has 10 heteroatoms. The first-order valence-electron chi connectivity index (χ1n) is 19.9. The Morgan fingerprint density at radius 2 is 1.04 bits per heavy atom. The highest BCUT2D eigenvalue weighted by Crippen LogP contribution is 2.38. The van der Waals surface area contributed by atoms with Gasteiger partial charge in [0.2, 0.25) is 0 Å². The van der Waals surface area contributed by atoms with Crippen LogP contribution in [0.15, 0.2) is 12.2 Å². The highest BCUT2D eigenvalue weighted by atomic mass is 31.2. The molecule has 0 N–H and O–H groups in total. The van der Waals surface area contributed by atoms with Gasteiger partial charge in [-0.05, 0) is 38.5 Å². The molecule has 0 spiro atoms. The average Bonchev–Trinajstić information content (AvgIpc) is 3.04. The molecule has 0 saturated carbocycles. The number of phosphoric ester groups is 1. The molecule has 2 atom stereocenters. The summed E-state index contributed by atoms with van der Waals surface area (Å²) in [5.74, 6) is -0.840. The number of unbranched alkanes of at least 4 members (excludes halogenated alkanes) is 20. The van der Waals surface area contributed by atoms with E-state index in [-0.39, 0.29) is 26.1 Å². The molecule has 0 rings (SSSR count). The molecule has 290 valence electrons. The highest BCUT2D eigenvalue weighted by Gasteiger charge is 2.21. The first kappa shape index (κ1) is 47.8. The van der Waals surface area contributed by atoms with Gasteiger partial charge in [0, 0.05) is 12.8 Å². The molecule has 0 aliphatic heterocycles. The Bertz CT molecular complexity index is 860. The van der Waals surface area contributed by atoms with Gasteiger partial charge in [0.15, 0.2) is 6.10 Å². The molecule has 49 heavy (non-hydrogen) atoms. The number of hydrogen-bond donors (Lipinski definition) is 0. The van der Waals surface area contributed by atoms with Crippen molar-refractivity contribution in [3.8, 4) is 0 Å². The van der Waals surface area contributed by atoms with E-state index in [1.165, 1.54) is 89.9 Å². The molecule has 0 aromatic heterocycles. The lowest BCUT2D eigenvalue weighted by Crippen LogP contribution is -2.37. The van der Waals surface area contributed by atoms with Gasteiger partial charge in [-0.3, -0.25) is 14.2 Å². The quantitative estimate of drug-likeness (QED) is 0.0207. The number of hydrogen-bond acceptors (Lipinski definition) is 8. The molecule has 0 aromatic rings. The summed E-state index contributed by atoms with van der Waals surface area (Å²) in [6, 6.07) is 0. The summed E-state index contributed by atoms with van der Waals surface area (Å²) < 4.78 is 33.8. The van der Waals surface area contributed by atoms with Gasteiger partial charge in [0.1, 0.15) is 19.8 Å². The van der Waals surface area contributed by atoms with Crippen LogP contribution < -0.4 is 4.89 Å². The van der Waals surface area contributed by atoms with Crippen molar-refractivity contribution in [3.63, 3.8) is 0 Å². The van der Waals surface area contributed by atoms with Crippen LogP contribution in [0.2, 0.25) is 0 Å². The number of rotatable bonds is 36. The number of esters is 2. The van der Waals surface area contributed by atoms with E-state index in [0.29, 0.717) is 17.4 Å². The summed E-state index contributed by atoms with van der Waals surface area (Å²) in [6.45, 7) is 4.19. The summed E-state index contributed by atoms with van der Waals surface area (Å²) in [5, 5.41) is 0. The maximum atomic E-state index is 12.6. The van der Waals surface area contributed by atoms with Gasteiger partial charge in [-0.1, -0.05) is 135 Å². The summed E-state index contributed by atoms with van der Waals surface area (Å²) in [5.41, 5.74) is 0. The molecule has 0 fully saturated rings. The van der Waals surface area contributed by atoms with Gasteiger partial charge in [0.05, 0.1) is 27.7 Å². The monoisotopic (exact) mass is 718 g/mol. The summed E-state index contributed by atoms with van der Waals surface area (Å²) >= 11 is 0. The van der Waals surface area contributed by atoms with Gasteiger partial charge in [-0.25, -0.2) is 0 Å². The van der Waals surface area contributed by atoms with Gasteiger partial charge < -0.3 is 27.9 Å². The van der Waals surface area contributed by atoms with Crippen LogP contribution in [0.3, 0.4) is 0 Å². The molecule has 0 bridgehead atoms. The Morgan fingerprint density at radius 3 is 1.53 bits per heavy atom. The minimum Gasteiger partial charge on any atom is -0.756 e. The Morgan fingerprint density at radius 1 is 0.612 bits per heavy atom. The highest BCUT2D eigenvalue weighted by molar-refractivity contribution is 7.45. The lowest BCUT2D eigenvalue weighted by molar-refractivity contribution is -0.870. The minimum atomic E-state index is -4.61. The lowest BCUT2D eigenvalue weighted by atomic mass is 10.0. The van der Waals surface area contributed by atoms with Gasteiger partial charge >= 0.3 is 11.9 Å². The SMILES string of the molecule is CCCCCC/C=C/CCCCCCCC(=O)OC[C@H](COP(=O)([O-])OCC[N+](C)(C)C)OC(=O)CCCCCCCCCCCCCC. The van der Waals surface area contributed by atoms with Crippen molar-refractivity contribution in [2.75, 3.05) is 47.5 Å². The van der Waals surface area contributed by atoms with E-state index >= 15 is 0 Å². The van der Waals surface area contributed by atoms with Gasteiger partial charge in [-0.2, -0.15) is 0 Å². The molecule has 9 nitrogen and oxygen atoms in total. The number of allylic oxidation sites excluding steroid dienone is 2. The molecule has 0 amide bonds. The van der Waals surface area contributed by atoms with Crippen molar-refractivity contribution < 1.29 is 42.1 Å². The maximum Gasteiger partial charge on any atom is 0.306 e. The van der Waals surface area contributed by atoms with Crippen LogP contribution in [0.4, 0.5) is 0 Å². The molecule has 0 aliphatic carbocycles. The first-order chi connectivity index (χ1) is 23.5. The van der Waals surface area contributed by atoms with Crippen molar-refractivity contribution in [1.82, 2.24) is 0 Å². The van der Waals surface area contributed by atoms with Gasteiger partial charge in [0.25, 0.3) is 7.82 Å². The fraction of sp³-hybridized carbons (Fsp3) is 0.897.